The van der Waals surface area contributed by atoms with Crippen molar-refractivity contribution >= 4 is 11.9 Å². The molecular weight excluding hydrogens is 502 g/mol. The quantitative estimate of drug-likeness (QED) is 0.573. The highest BCUT2D eigenvalue weighted by Gasteiger charge is 2.38. The highest BCUT2D eigenvalue weighted by Crippen LogP contribution is 2.20. The molecule has 1 aromatic rings. The van der Waals surface area contributed by atoms with Crippen molar-refractivity contribution in [3.8, 4) is 0 Å². The van der Waals surface area contributed by atoms with Gasteiger partial charge in [-0.05, 0) is 32.4 Å². The summed E-state index contributed by atoms with van der Waals surface area (Å²) < 4.78 is 71.5. The van der Waals surface area contributed by atoms with Crippen LogP contribution in [0.25, 0.3) is 0 Å². The van der Waals surface area contributed by atoms with Crippen LogP contribution in [0, 0.1) is 0 Å². The summed E-state index contributed by atoms with van der Waals surface area (Å²) in [5.74, 6) is -4.23. The summed E-state index contributed by atoms with van der Waals surface area (Å²) >= 11 is 0. The van der Waals surface area contributed by atoms with E-state index in [1.165, 1.54) is 50.3 Å². The maximum atomic E-state index is 10.6. The van der Waals surface area contributed by atoms with Crippen molar-refractivity contribution in [2.24, 2.45) is 0 Å². The molecule has 3 aliphatic heterocycles. The molecule has 0 bridgehead atoms. The van der Waals surface area contributed by atoms with Gasteiger partial charge in [0.05, 0.1) is 12.3 Å². The minimum absolute atomic E-state index is 0.634. The molecule has 1 unspecified atom stereocenters. The summed E-state index contributed by atoms with van der Waals surface area (Å²) in [6.07, 6.45) is -1.65. The molecule has 0 aliphatic carbocycles. The molecule has 4 rings (SSSR count). The molecule has 15 heteroatoms. The number of carboxylic acids is 2. The van der Waals surface area contributed by atoms with Crippen LogP contribution in [0.15, 0.2) is 6.20 Å². The third kappa shape index (κ3) is 9.58. The normalized spacial score (nSPS) is 21.3. The van der Waals surface area contributed by atoms with Crippen LogP contribution in [-0.4, -0.2) is 99.3 Å². The summed E-state index contributed by atoms with van der Waals surface area (Å²) in [5, 5.41) is 14.2. The smallest absolute Gasteiger partial charge is 0.475 e. The van der Waals surface area contributed by atoms with E-state index in [1.54, 1.807) is 0 Å². The lowest BCUT2D eigenvalue weighted by Crippen LogP contribution is -2.38. The first-order valence-electron chi connectivity index (χ1n) is 11.5. The number of likely N-dealkylation sites (tertiary alicyclic amines) is 1. The number of halogens is 6. The number of carbonyl (C=O) groups is 2. The van der Waals surface area contributed by atoms with Gasteiger partial charge in [-0.15, -0.1) is 0 Å². The highest BCUT2D eigenvalue weighted by atomic mass is 19.4. The Morgan fingerprint density at radius 3 is 2.03 bits per heavy atom. The number of hydrogen-bond acceptors (Lipinski definition) is 6. The number of alkyl halides is 6. The maximum Gasteiger partial charge on any atom is 0.490 e. The Hall–Kier alpha value is -2.39. The van der Waals surface area contributed by atoms with Gasteiger partial charge in [-0.2, -0.15) is 26.3 Å². The van der Waals surface area contributed by atoms with E-state index in [2.05, 4.69) is 20.6 Å². The number of ether oxygens (including phenoxy) is 1. The van der Waals surface area contributed by atoms with Gasteiger partial charge >= 0.3 is 24.3 Å². The zero-order valence-electron chi connectivity index (χ0n) is 19.5. The Morgan fingerprint density at radius 2 is 1.53 bits per heavy atom. The van der Waals surface area contributed by atoms with Crippen LogP contribution >= 0.6 is 0 Å². The molecular formula is C21H30F6N4O5. The standard InChI is InChI=1S/C17H28N4O.2C2HF3O2/c1-2-6-19(7-3-1)13-16-12-18-17-4-8-20(9-10-21(16)17)15-5-11-22-14-15;2*3-2(4,5)1(6)7/h12,15H,1-11,13-14H2;2*(H,6,7). The molecule has 0 spiro atoms. The molecule has 2 fully saturated rings. The van der Waals surface area contributed by atoms with E-state index in [0.717, 1.165) is 45.8 Å². The van der Waals surface area contributed by atoms with E-state index < -0.39 is 24.3 Å². The molecule has 0 aromatic carbocycles. The molecule has 1 atom stereocenters. The maximum absolute atomic E-state index is 10.6. The summed E-state index contributed by atoms with van der Waals surface area (Å²) in [6, 6.07) is 0.634. The molecule has 2 saturated heterocycles. The van der Waals surface area contributed by atoms with Gasteiger partial charge in [0, 0.05) is 51.4 Å². The molecule has 0 amide bonds. The second-order valence-corrected chi connectivity index (χ2v) is 8.56. The summed E-state index contributed by atoms with van der Waals surface area (Å²) in [6.45, 7) is 8.82. The van der Waals surface area contributed by atoms with Gasteiger partial charge in [-0.1, -0.05) is 6.42 Å². The minimum atomic E-state index is -5.08. The molecule has 4 heterocycles. The van der Waals surface area contributed by atoms with Crippen molar-refractivity contribution < 1.29 is 50.9 Å². The second kappa shape index (κ2) is 13.2. The van der Waals surface area contributed by atoms with E-state index in [1.807, 2.05) is 0 Å². The van der Waals surface area contributed by atoms with Gasteiger partial charge in [0.25, 0.3) is 0 Å². The van der Waals surface area contributed by atoms with Crippen LogP contribution in [0.4, 0.5) is 26.3 Å². The fourth-order valence-electron chi connectivity index (χ4n) is 4.16. The van der Waals surface area contributed by atoms with E-state index in [0.29, 0.717) is 6.04 Å². The molecule has 9 nitrogen and oxygen atoms in total. The number of fused-ring (bicyclic) bond motifs is 1. The summed E-state index contributed by atoms with van der Waals surface area (Å²) in [5.41, 5.74) is 1.42. The Labute approximate surface area is 203 Å². The van der Waals surface area contributed by atoms with Crippen molar-refractivity contribution in [3.63, 3.8) is 0 Å². The predicted molar refractivity (Wildman–Crippen MR) is 113 cm³/mol. The lowest BCUT2D eigenvalue weighted by atomic mass is 10.1. The van der Waals surface area contributed by atoms with E-state index in [-0.39, 0.29) is 0 Å². The Balaban J connectivity index is 0.000000271. The van der Waals surface area contributed by atoms with Crippen LogP contribution < -0.4 is 0 Å². The van der Waals surface area contributed by atoms with E-state index in [9.17, 15) is 26.3 Å². The van der Waals surface area contributed by atoms with Gasteiger partial charge in [0.1, 0.15) is 5.82 Å². The van der Waals surface area contributed by atoms with Crippen LogP contribution in [-0.2, 0) is 33.8 Å². The SMILES string of the molecule is O=C(O)C(F)(F)F.O=C(O)C(F)(F)F.c1nc2n(c1CN1CCCCC1)CCN(C1CCOC1)CC2. The average Bonchev–Trinajstić information content (AvgIpc) is 3.40. The molecule has 1 aromatic heterocycles. The molecule has 0 saturated carbocycles. The van der Waals surface area contributed by atoms with Crippen LogP contribution in [0.3, 0.4) is 0 Å². The number of rotatable bonds is 3. The van der Waals surface area contributed by atoms with Gasteiger partial charge in [0.15, 0.2) is 0 Å². The second-order valence-electron chi connectivity index (χ2n) is 8.56. The average molecular weight is 532 g/mol. The summed E-state index contributed by atoms with van der Waals surface area (Å²) in [4.78, 5) is 27.7. The Morgan fingerprint density at radius 1 is 0.944 bits per heavy atom. The molecule has 0 radical (unpaired) electrons. The van der Waals surface area contributed by atoms with Gasteiger partial charge < -0.3 is 19.5 Å². The van der Waals surface area contributed by atoms with E-state index in [4.69, 9.17) is 29.5 Å². The lowest BCUT2D eigenvalue weighted by molar-refractivity contribution is -0.193. The van der Waals surface area contributed by atoms with Crippen molar-refractivity contribution in [1.29, 1.82) is 0 Å². The first-order valence-corrected chi connectivity index (χ1v) is 11.5. The summed E-state index contributed by atoms with van der Waals surface area (Å²) in [7, 11) is 0. The van der Waals surface area contributed by atoms with Crippen molar-refractivity contribution in [2.75, 3.05) is 39.4 Å². The number of aliphatic carboxylic acids is 2. The van der Waals surface area contributed by atoms with Gasteiger partial charge in [0.2, 0.25) is 0 Å². The fourth-order valence-corrected chi connectivity index (χ4v) is 4.16. The van der Waals surface area contributed by atoms with Gasteiger partial charge in [-0.3, -0.25) is 9.80 Å². The van der Waals surface area contributed by atoms with E-state index >= 15 is 0 Å². The minimum Gasteiger partial charge on any atom is -0.475 e. The van der Waals surface area contributed by atoms with Crippen LogP contribution in [0.1, 0.15) is 37.2 Å². The number of piperidine rings is 1. The number of nitrogens with zero attached hydrogens (tertiary/aromatic N) is 4. The van der Waals surface area contributed by atoms with Crippen molar-refractivity contribution in [2.45, 2.75) is 63.6 Å². The van der Waals surface area contributed by atoms with Crippen molar-refractivity contribution in [3.05, 3.63) is 17.7 Å². The third-order valence-electron chi connectivity index (χ3n) is 6.00. The van der Waals surface area contributed by atoms with Crippen LogP contribution in [0.5, 0.6) is 0 Å². The fraction of sp³-hybridized carbons (Fsp3) is 0.762. The molecule has 206 valence electrons. The zero-order valence-corrected chi connectivity index (χ0v) is 19.5. The number of aromatic nitrogens is 2. The number of imidazole rings is 1. The first-order chi connectivity index (χ1) is 16.8. The molecule has 36 heavy (non-hydrogen) atoms. The lowest BCUT2D eigenvalue weighted by Gasteiger charge is -2.27. The topological polar surface area (TPSA) is 108 Å². The molecule has 2 N–H and O–H groups in total. The zero-order chi connectivity index (χ0) is 26.9. The number of carboxylic acid groups (broad SMARTS) is 2. The monoisotopic (exact) mass is 532 g/mol. The van der Waals surface area contributed by atoms with Crippen LogP contribution in [0.2, 0.25) is 0 Å². The van der Waals surface area contributed by atoms with Gasteiger partial charge in [-0.25, -0.2) is 14.6 Å². The predicted octanol–water partition coefficient (Wildman–Crippen LogP) is 2.78. The Bertz CT molecular complexity index is 825. The third-order valence-corrected chi connectivity index (χ3v) is 6.00. The Kier molecular flexibility index (Phi) is 11.0. The molecule has 3 aliphatic rings. The number of hydrogen-bond donors (Lipinski definition) is 2. The highest BCUT2D eigenvalue weighted by molar-refractivity contribution is 5.73. The van der Waals surface area contributed by atoms with Crippen molar-refractivity contribution in [1.82, 2.24) is 19.4 Å². The first kappa shape index (κ1) is 29.8. The largest absolute Gasteiger partial charge is 0.490 e.